The van der Waals surface area contributed by atoms with E-state index in [1.807, 2.05) is 12.1 Å². The molecule has 2 heterocycles. The quantitative estimate of drug-likeness (QED) is 0.542. The van der Waals surface area contributed by atoms with Crippen LogP contribution in [0.4, 0.5) is 5.69 Å². The van der Waals surface area contributed by atoms with Gasteiger partial charge in [0.25, 0.3) is 11.5 Å². The molecular weight excluding hydrogens is 354 g/mol. The van der Waals surface area contributed by atoms with E-state index >= 15 is 0 Å². The zero-order valence-corrected chi connectivity index (χ0v) is 15.4. The Morgan fingerprint density at radius 2 is 1.75 bits per heavy atom. The zero-order valence-electron chi connectivity index (χ0n) is 15.4. The molecule has 0 saturated carbocycles. The van der Waals surface area contributed by atoms with Gasteiger partial charge in [0, 0.05) is 24.2 Å². The number of hydrogen-bond acceptors (Lipinski definition) is 5. The summed E-state index contributed by atoms with van der Waals surface area (Å²) in [6, 6.07) is 14.9. The van der Waals surface area contributed by atoms with Gasteiger partial charge in [-0.15, -0.1) is 0 Å². The van der Waals surface area contributed by atoms with Gasteiger partial charge < -0.3 is 4.90 Å². The highest BCUT2D eigenvalue weighted by Gasteiger charge is 2.13. The highest BCUT2D eigenvalue weighted by Crippen LogP contribution is 2.19. The van der Waals surface area contributed by atoms with E-state index in [2.05, 4.69) is 37.8 Å². The van der Waals surface area contributed by atoms with Crippen LogP contribution in [0.3, 0.4) is 0 Å². The van der Waals surface area contributed by atoms with Crippen LogP contribution < -0.4 is 15.9 Å². The molecule has 1 fully saturated rings. The Bertz CT molecular complexity index is 1070. The number of rotatable bonds is 4. The van der Waals surface area contributed by atoms with Crippen molar-refractivity contribution >= 4 is 28.6 Å². The molecule has 2 aromatic carbocycles. The van der Waals surface area contributed by atoms with E-state index in [9.17, 15) is 9.59 Å². The topological polar surface area (TPSA) is 90.4 Å². The number of piperidine rings is 1. The average Bonchev–Trinajstić information content (AvgIpc) is 2.75. The first-order valence-corrected chi connectivity index (χ1v) is 9.38. The van der Waals surface area contributed by atoms with E-state index in [0.717, 1.165) is 18.7 Å². The number of carbonyl (C=O) groups is 1. The van der Waals surface area contributed by atoms with Gasteiger partial charge in [-0.05, 0) is 43.0 Å². The summed E-state index contributed by atoms with van der Waals surface area (Å²) in [4.78, 5) is 26.6. The number of hydrogen-bond donors (Lipinski definition) is 2. The number of nitrogens with one attached hydrogen (secondary N) is 2. The first-order chi connectivity index (χ1) is 13.7. The summed E-state index contributed by atoms with van der Waals surface area (Å²) in [7, 11) is 0. The van der Waals surface area contributed by atoms with Crippen LogP contribution in [0.15, 0.2) is 58.4 Å². The summed E-state index contributed by atoms with van der Waals surface area (Å²) in [5, 5.41) is 11.1. The molecule has 0 aliphatic carbocycles. The summed E-state index contributed by atoms with van der Waals surface area (Å²) < 4.78 is 0. The van der Waals surface area contributed by atoms with E-state index in [4.69, 9.17) is 0 Å². The Labute approximate surface area is 162 Å². The number of fused-ring (bicyclic) bond motifs is 1. The number of hydrazone groups is 1. The second-order valence-corrected chi connectivity index (χ2v) is 6.79. The Kier molecular flexibility index (Phi) is 5.14. The van der Waals surface area contributed by atoms with Crippen LogP contribution in [0.2, 0.25) is 0 Å². The van der Waals surface area contributed by atoms with Crippen molar-refractivity contribution < 1.29 is 4.79 Å². The molecule has 142 valence electrons. The van der Waals surface area contributed by atoms with Crippen molar-refractivity contribution in [3.05, 3.63) is 70.1 Å². The third kappa shape index (κ3) is 3.78. The predicted octanol–water partition coefficient (Wildman–Crippen LogP) is 2.68. The summed E-state index contributed by atoms with van der Waals surface area (Å²) in [5.41, 5.74) is 4.38. The Morgan fingerprint density at radius 3 is 2.50 bits per heavy atom. The monoisotopic (exact) mass is 375 g/mol. The first kappa shape index (κ1) is 17.9. The summed E-state index contributed by atoms with van der Waals surface area (Å²) >= 11 is 0. The van der Waals surface area contributed by atoms with Gasteiger partial charge in [-0.25, -0.2) is 10.5 Å². The van der Waals surface area contributed by atoms with Crippen molar-refractivity contribution in [1.82, 2.24) is 15.6 Å². The van der Waals surface area contributed by atoms with E-state index in [-0.39, 0.29) is 11.3 Å². The van der Waals surface area contributed by atoms with E-state index in [1.165, 1.54) is 24.9 Å². The van der Waals surface area contributed by atoms with Gasteiger partial charge in [0.15, 0.2) is 5.69 Å². The molecule has 0 spiro atoms. The number of aromatic amines is 1. The molecule has 1 aliphatic heterocycles. The molecule has 4 rings (SSSR count). The van der Waals surface area contributed by atoms with Crippen molar-refractivity contribution in [1.29, 1.82) is 0 Å². The van der Waals surface area contributed by atoms with Crippen molar-refractivity contribution in [2.45, 2.75) is 19.3 Å². The first-order valence-electron chi connectivity index (χ1n) is 9.38. The molecule has 3 aromatic rings. The Balaban J connectivity index is 1.44. The van der Waals surface area contributed by atoms with Crippen LogP contribution in [0.1, 0.15) is 35.3 Å². The highest BCUT2D eigenvalue weighted by atomic mass is 16.2. The molecule has 0 radical (unpaired) electrons. The Hall–Kier alpha value is -3.48. The van der Waals surface area contributed by atoms with Gasteiger partial charge in [0.05, 0.1) is 11.6 Å². The molecule has 7 nitrogen and oxygen atoms in total. The zero-order chi connectivity index (χ0) is 19.3. The minimum Gasteiger partial charge on any atom is -0.372 e. The fourth-order valence-corrected chi connectivity index (χ4v) is 3.43. The van der Waals surface area contributed by atoms with Crippen LogP contribution in [0, 0.1) is 0 Å². The van der Waals surface area contributed by atoms with Crippen molar-refractivity contribution in [2.75, 3.05) is 18.0 Å². The molecule has 28 heavy (non-hydrogen) atoms. The number of benzene rings is 2. The third-order valence-corrected chi connectivity index (χ3v) is 4.91. The SMILES string of the molecule is O=C(N/N=C\c1ccc(N2CCCCC2)cc1)c1n[nH]c(=O)c2ccccc12. The van der Waals surface area contributed by atoms with Gasteiger partial charge >= 0.3 is 0 Å². The number of aromatic nitrogens is 2. The lowest BCUT2D eigenvalue weighted by Crippen LogP contribution is -2.29. The van der Waals surface area contributed by atoms with Crippen molar-refractivity contribution in [2.24, 2.45) is 5.10 Å². The lowest BCUT2D eigenvalue weighted by molar-refractivity contribution is 0.0951. The number of amides is 1. The number of carbonyl (C=O) groups excluding carboxylic acids is 1. The van der Waals surface area contributed by atoms with Crippen LogP contribution in [0.25, 0.3) is 10.8 Å². The molecule has 1 aliphatic rings. The molecule has 7 heteroatoms. The fraction of sp³-hybridized carbons (Fsp3) is 0.238. The molecule has 1 saturated heterocycles. The van der Waals surface area contributed by atoms with Crippen LogP contribution in [-0.2, 0) is 0 Å². The minimum absolute atomic E-state index is 0.132. The Morgan fingerprint density at radius 1 is 1.04 bits per heavy atom. The predicted molar refractivity (Wildman–Crippen MR) is 110 cm³/mol. The highest BCUT2D eigenvalue weighted by molar-refractivity contribution is 6.04. The number of nitrogens with zero attached hydrogens (tertiary/aromatic N) is 3. The maximum atomic E-state index is 12.4. The van der Waals surface area contributed by atoms with Crippen molar-refractivity contribution in [3.63, 3.8) is 0 Å². The lowest BCUT2D eigenvalue weighted by atomic mass is 10.1. The van der Waals surface area contributed by atoms with Crippen molar-refractivity contribution in [3.8, 4) is 0 Å². The molecular formula is C21H21N5O2. The third-order valence-electron chi connectivity index (χ3n) is 4.91. The van der Waals surface area contributed by atoms with E-state index < -0.39 is 5.91 Å². The molecule has 0 bridgehead atoms. The van der Waals surface area contributed by atoms with Crippen LogP contribution >= 0.6 is 0 Å². The van der Waals surface area contributed by atoms with Gasteiger partial charge in [0.2, 0.25) is 0 Å². The standard InChI is InChI=1S/C21H21N5O2/c27-20-18-7-3-2-6-17(18)19(23-25-20)21(28)24-22-14-15-8-10-16(11-9-15)26-12-4-1-5-13-26/h2-3,6-11,14H,1,4-5,12-13H2,(H,24,28)(H,25,27)/b22-14-. The largest absolute Gasteiger partial charge is 0.372 e. The van der Waals surface area contributed by atoms with Gasteiger partial charge in [-0.3, -0.25) is 9.59 Å². The summed E-state index contributed by atoms with van der Waals surface area (Å²) in [6.45, 7) is 2.20. The molecule has 1 amide bonds. The lowest BCUT2D eigenvalue weighted by Gasteiger charge is -2.28. The fourth-order valence-electron chi connectivity index (χ4n) is 3.43. The van der Waals surface area contributed by atoms with Gasteiger partial charge in [-0.1, -0.05) is 30.3 Å². The van der Waals surface area contributed by atoms with Gasteiger partial charge in [-0.2, -0.15) is 10.2 Å². The maximum absolute atomic E-state index is 12.4. The normalized spacial score (nSPS) is 14.5. The van der Waals surface area contributed by atoms with E-state index in [0.29, 0.717) is 10.8 Å². The second kappa shape index (κ2) is 8.04. The average molecular weight is 375 g/mol. The second-order valence-electron chi connectivity index (χ2n) is 6.79. The molecule has 2 N–H and O–H groups in total. The van der Waals surface area contributed by atoms with Crippen LogP contribution in [0.5, 0.6) is 0 Å². The molecule has 0 unspecified atom stereocenters. The summed E-state index contributed by atoms with van der Waals surface area (Å²) in [5.74, 6) is -0.478. The number of anilines is 1. The molecule has 1 aromatic heterocycles. The minimum atomic E-state index is -0.478. The number of H-pyrrole nitrogens is 1. The van der Waals surface area contributed by atoms with E-state index in [1.54, 1.807) is 30.5 Å². The maximum Gasteiger partial charge on any atom is 0.292 e. The van der Waals surface area contributed by atoms with Gasteiger partial charge in [0.1, 0.15) is 0 Å². The van der Waals surface area contributed by atoms with Crippen LogP contribution in [-0.4, -0.2) is 35.4 Å². The summed E-state index contributed by atoms with van der Waals surface area (Å²) in [6.07, 6.45) is 5.37. The molecule has 0 atom stereocenters. The smallest absolute Gasteiger partial charge is 0.292 e.